The first-order chi connectivity index (χ1) is 16.6. The molecule has 2 aromatic carbocycles. The molecule has 194 valence electrons. The van der Waals surface area contributed by atoms with Gasteiger partial charge in [-0.25, -0.2) is 5.48 Å². The highest BCUT2D eigenvalue weighted by Crippen LogP contribution is 2.10. The van der Waals surface area contributed by atoms with Crippen LogP contribution in [0.5, 0.6) is 0 Å². The number of aliphatic hydroxyl groups excluding tert-OH is 1. The van der Waals surface area contributed by atoms with Crippen LogP contribution in [0.1, 0.15) is 49.7 Å². The number of hydrogen-bond acceptors (Lipinski definition) is 6. The fourth-order valence-electron chi connectivity index (χ4n) is 3.32. The van der Waals surface area contributed by atoms with Crippen molar-refractivity contribution in [2.75, 3.05) is 25.5 Å². The molecule has 0 saturated carbocycles. The normalized spacial score (nSPS) is 12.0. The summed E-state index contributed by atoms with van der Waals surface area (Å²) >= 11 is 0. The van der Waals surface area contributed by atoms with Gasteiger partial charge in [-0.1, -0.05) is 33.1 Å². The number of rotatable bonds is 9. The Balaban J connectivity index is 0.00000648. The highest BCUT2D eigenvalue weighted by Gasteiger charge is 2.25. The van der Waals surface area contributed by atoms with Crippen LogP contribution in [0, 0.1) is 17.8 Å². The first-order valence-corrected chi connectivity index (χ1v) is 11.2. The van der Waals surface area contributed by atoms with Gasteiger partial charge in [0.1, 0.15) is 6.04 Å². The van der Waals surface area contributed by atoms with Crippen LogP contribution in [0.2, 0.25) is 0 Å². The van der Waals surface area contributed by atoms with Crippen LogP contribution >= 0.6 is 0 Å². The van der Waals surface area contributed by atoms with Gasteiger partial charge in [0.25, 0.3) is 11.8 Å². The number of anilines is 1. The number of benzene rings is 2. The molecule has 0 aliphatic heterocycles. The minimum Gasteiger partial charge on any atom is -0.391 e. The average Bonchev–Trinajstić information content (AvgIpc) is 2.80. The van der Waals surface area contributed by atoms with Crippen LogP contribution in [-0.2, 0) is 9.59 Å². The Hall–Kier alpha value is -3.71. The Labute approximate surface area is 212 Å². The summed E-state index contributed by atoms with van der Waals surface area (Å²) in [5, 5.41) is 23.6. The maximum absolute atomic E-state index is 12.3. The number of hydrogen-bond donors (Lipinski definition) is 5. The van der Waals surface area contributed by atoms with E-state index in [1.807, 2.05) is 24.1 Å². The molecular formula is C27H36N4O5. The van der Waals surface area contributed by atoms with Gasteiger partial charge < -0.3 is 15.7 Å². The van der Waals surface area contributed by atoms with Crippen LogP contribution in [0.3, 0.4) is 0 Å². The van der Waals surface area contributed by atoms with E-state index in [0.29, 0.717) is 23.7 Å². The van der Waals surface area contributed by atoms with Crippen LogP contribution in [0.4, 0.5) is 5.69 Å². The van der Waals surface area contributed by atoms with Crippen molar-refractivity contribution < 1.29 is 24.7 Å². The molecule has 9 nitrogen and oxygen atoms in total. The van der Waals surface area contributed by atoms with Crippen LogP contribution in [-0.4, -0.2) is 65.2 Å². The van der Waals surface area contributed by atoms with E-state index in [1.165, 1.54) is 12.4 Å². The molecule has 2 rings (SSSR count). The van der Waals surface area contributed by atoms with Gasteiger partial charge in [-0.3, -0.25) is 24.5 Å². The molecule has 0 unspecified atom stereocenters. The summed E-state index contributed by atoms with van der Waals surface area (Å²) in [5.74, 6) is 4.95. The number of carbonyl (C=O) groups is 3. The predicted molar refractivity (Wildman–Crippen MR) is 139 cm³/mol. The van der Waals surface area contributed by atoms with Gasteiger partial charge in [-0.05, 0) is 68.4 Å². The third-order valence-electron chi connectivity index (χ3n) is 4.92. The maximum Gasteiger partial charge on any atom is 0.268 e. The zero-order valence-corrected chi connectivity index (χ0v) is 20.3. The lowest BCUT2D eigenvalue weighted by Gasteiger charge is -2.19. The van der Waals surface area contributed by atoms with Crippen LogP contribution in [0.25, 0.3) is 0 Å². The molecule has 0 heterocycles. The van der Waals surface area contributed by atoms with E-state index < -0.39 is 24.0 Å². The second-order valence-electron chi connectivity index (χ2n) is 8.71. The predicted octanol–water partition coefficient (Wildman–Crippen LogP) is 2.23. The van der Waals surface area contributed by atoms with E-state index >= 15 is 0 Å². The van der Waals surface area contributed by atoms with E-state index in [-0.39, 0.29) is 18.9 Å². The largest absolute Gasteiger partial charge is 0.391 e. The zero-order valence-electron chi connectivity index (χ0n) is 20.3. The molecule has 0 bridgehead atoms. The van der Waals surface area contributed by atoms with Crippen molar-refractivity contribution in [3.05, 3.63) is 65.2 Å². The Morgan fingerprint density at radius 3 is 1.94 bits per heavy atom. The minimum absolute atomic E-state index is 0. The number of likely N-dealkylation sites (N-methyl/N-ethyl adjacent to an activating group) is 1. The third kappa shape index (κ3) is 9.88. The summed E-state index contributed by atoms with van der Waals surface area (Å²) in [6.45, 7) is 6.70. The Bertz CT molecular complexity index is 1070. The van der Waals surface area contributed by atoms with E-state index in [2.05, 4.69) is 36.3 Å². The van der Waals surface area contributed by atoms with Crippen molar-refractivity contribution in [2.24, 2.45) is 5.92 Å². The van der Waals surface area contributed by atoms with Crippen molar-refractivity contribution >= 4 is 23.4 Å². The first-order valence-electron chi connectivity index (χ1n) is 11.2. The SMILES string of the molecule is C.CC(C)CN(C)CC(=O)Nc1ccc(C#Cc2ccc(C(=O)N[C@H](C(=O)NO)[C@@H](C)O)cc2)cc1. The standard InChI is InChI=1S/C26H32N4O5.CH4/c1-17(2)15-30(4)16-23(32)27-22-13-9-20(10-14-22)6-5-19-7-11-21(12-8-19)25(33)28-24(18(3)31)26(34)29-35;/h7-14,17-18,24,31,35H,15-16H2,1-4H3,(H,27,32)(H,28,33)(H,29,34);1H4/t18-,24+;/m1./s1. The van der Waals surface area contributed by atoms with Gasteiger partial charge in [0.2, 0.25) is 5.91 Å². The highest BCUT2D eigenvalue weighted by molar-refractivity contribution is 5.97. The molecule has 0 radical (unpaired) electrons. The smallest absolute Gasteiger partial charge is 0.268 e. The molecule has 0 aliphatic carbocycles. The molecule has 5 N–H and O–H groups in total. The first kappa shape index (κ1) is 30.3. The lowest BCUT2D eigenvalue weighted by atomic mass is 10.1. The van der Waals surface area contributed by atoms with Crippen LogP contribution < -0.4 is 16.1 Å². The number of amides is 3. The van der Waals surface area contributed by atoms with Crippen molar-refractivity contribution in [1.82, 2.24) is 15.7 Å². The summed E-state index contributed by atoms with van der Waals surface area (Å²) in [4.78, 5) is 38.0. The van der Waals surface area contributed by atoms with Gasteiger partial charge in [-0.15, -0.1) is 0 Å². The lowest BCUT2D eigenvalue weighted by Crippen LogP contribution is -2.51. The van der Waals surface area contributed by atoms with Gasteiger partial charge in [0, 0.05) is 28.9 Å². The third-order valence-corrected chi connectivity index (χ3v) is 4.92. The number of aliphatic hydroxyl groups is 1. The molecule has 0 aromatic heterocycles. The molecule has 0 fully saturated rings. The van der Waals surface area contributed by atoms with Crippen LogP contribution in [0.15, 0.2) is 48.5 Å². The average molecular weight is 497 g/mol. The zero-order chi connectivity index (χ0) is 26.0. The molecule has 36 heavy (non-hydrogen) atoms. The molecule has 2 aromatic rings. The topological polar surface area (TPSA) is 131 Å². The van der Waals surface area contributed by atoms with Crippen molar-refractivity contribution in [3.63, 3.8) is 0 Å². The van der Waals surface area contributed by atoms with E-state index in [0.717, 1.165) is 12.1 Å². The van der Waals surface area contributed by atoms with Crippen molar-refractivity contribution in [1.29, 1.82) is 0 Å². The number of nitrogens with one attached hydrogen (secondary N) is 3. The molecule has 0 saturated heterocycles. The molecular weight excluding hydrogens is 460 g/mol. The van der Waals surface area contributed by atoms with Crippen molar-refractivity contribution in [2.45, 2.75) is 40.3 Å². The summed E-state index contributed by atoms with van der Waals surface area (Å²) in [5.41, 5.74) is 3.81. The Kier molecular flexibility index (Phi) is 12.3. The van der Waals surface area contributed by atoms with Gasteiger partial charge in [-0.2, -0.15) is 0 Å². The monoisotopic (exact) mass is 496 g/mol. The van der Waals surface area contributed by atoms with E-state index in [1.54, 1.807) is 36.4 Å². The fourth-order valence-corrected chi connectivity index (χ4v) is 3.32. The summed E-state index contributed by atoms with van der Waals surface area (Å²) in [6.07, 6.45) is -1.19. The highest BCUT2D eigenvalue weighted by atomic mass is 16.5. The summed E-state index contributed by atoms with van der Waals surface area (Å²) in [7, 11) is 1.92. The fraction of sp³-hybridized carbons (Fsp3) is 0.370. The summed E-state index contributed by atoms with van der Waals surface area (Å²) in [6, 6.07) is 12.3. The summed E-state index contributed by atoms with van der Waals surface area (Å²) < 4.78 is 0. The van der Waals surface area contributed by atoms with Crippen molar-refractivity contribution in [3.8, 4) is 11.8 Å². The molecule has 9 heteroatoms. The van der Waals surface area contributed by atoms with Gasteiger partial charge in [0.15, 0.2) is 0 Å². The molecule has 0 spiro atoms. The maximum atomic E-state index is 12.3. The lowest BCUT2D eigenvalue weighted by molar-refractivity contribution is -0.133. The number of carbonyl (C=O) groups excluding carboxylic acids is 3. The van der Waals surface area contributed by atoms with E-state index in [4.69, 9.17) is 5.21 Å². The Morgan fingerprint density at radius 1 is 0.944 bits per heavy atom. The minimum atomic E-state index is -1.29. The second-order valence-corrected chi connectivity index (χ2v) is 8.71. The second kappa shape index (κ2) is 14.6. The van der Waals surface area contributed by atoms with Gasteiger partial charge in [0.05, 0.1) is 12.6 Å². The molecule has 0 aliphatic rings. The molecule has 3 amide bonds. The van der Waals surface area contributed by atoms with Gasteiger partial charge >= 0.3 is 0 Å². The Morgan fingerprint density at radius 2 is 1.47 bits per heavy atom. The number of nitrogens with zero attached hydrogens (tertiary/aromatic N) is 1. The van der Waals surface area contributed by atoms with E-state index in [9.17, 15) is 19.5 Å². The quantitative estimate of drug-likeness (QED) is 0.206. The number of hydroxylamine groups is 1. The molecule has 2 atom stereocenters.